The Morgan fingerprint density at radius 3 is 2.88 bits per heavy atom. The van der Waals surface area contributed by atoms with Gasteiger partial charge in [0.05, 0.1) is 10.7 Å². The second-order valence-corrected chi connectivity index (χ2v) is 4.61. The first kappa shape index (κ1) is 13.9. The molecule has 0 aromatic carbocycles. The Morgan fingerprint density at radius 1 is 1.65 bits per heavy atom. The molecule has 1 aromatic rings. The minimum Gasteiger partial charge on any atom is -0.466 e. The van der Waals surface area contributed by atoms with Crippen LogP contribution in [0, 0.1) is 10.5 Å². The third-order valence-corrected chi connectivity index (χ3v) is 3.03. The zero-order valence-corrected chi connectivity index (χ0v) is 12.0. The molecule has 0 N–H and O–H groups in total. The highest BCUT2D eigenvalue weighted by Crippen LogP contribution is 2.00. The van der Waals surface area contributed by atoms with E-state index in [-0.39, 0.29) is 5.56 Å². The second-order valence-electron chi connectivity index (χ2n) is 3.45. The van der Waals surface area contributed by atoms with Crippen LogP contribution in [0.1, 0.15) is 12.7 Å². The molecule has 92 valence electrons. The van der Waals surface area contributed by atoms with Gasteiger partial charge < -0.3 is 4.74 Å². The largest absolute Gasteiger partial charge is 0.466 e. The Bertz CT molecular complexity index is 520. The number of carbonyl (C=O) groups is 1. The van der Waals surface area contributed by atoms with E-state index in [2.05, 4.69) is 9.72 Å². The van der Waals surface area contributed by atoms with Crippen LogP contribution in [0.15, 0.2) is 22.6 Å². The normalized spacial score (nSPS) is 11.4. The highest BCUT2D eigenvalue weighted by atomic mass is 127. The number of nitrogens with zero attached hydrogens (tertiary/aromatic N) is 2. The third-order valence-electron chi connectivity index (χ3n) is 2.29. The number of halogens is 1. The van der Waals surface area contributed by atoms with Gasteiger partial charge in [0.25, 0.3) is 5.56 Å². The van der Waals surface area contributed by atoms with Crippen molar-refractivity contribution in [3.63, 3.8) is 0 Å². The van der Waals surface area contributed by atoms with Crippen molar-refractivity contribution in [1.29, 1.82) is 0 Å². The van der Waals surface area contributed by atoms with E-state index in [0.717, 1.165) is 0 Å². The summed E-state index contributed by atoms with van der Waals surface area (Å²) >= 11 is 1.94. The van der Waals surface area contributed by atoms with Gasteiger partial charge in [-0.25, -0.2) is 9.78 Å². The lowest BCUT2D eigenvalue weighted by Crippen LogP contribution is -2.25. The molecule has 0 saturated heterocycles. The molecule has 0 spiro atoms. The van der Waals surface area contributed by atoms with Crippen molar-refractivity contribution in [2.75, 3.05) is 7.11 Å². The summed E-state index contributed by atoms with van der Waals surface area (Å²) in [4.78, 5) is 27.1. The summed E-state index contributed by atoms with van der Waals surface area (Å²) < 4.78 is 6.63. The average Bonchev–Trinajstić information content (AvgIpc) is 2.32. The number of aryl methyl sites for hydroxylation is 1. The maximum atomic E-state index is 11.8. The van der Waals surface area contributed by atoms with E-state index in [1.807, 2.05) is 22.6 Å². The summed E-state index contributed by atoms with van der Waals surface area (Å²) in [5, 5.41) is 0. The first-order valence-corrected chi connectivity index (χ1v) is 6.02. The topological polar surface area (TPSA) is 61.2 Å². The van der Waals surface area contributed by atoms with Crippen molar-refractivity contribution in [1.82, 2.24) is 9.55 Å². The van der Waals surface area contributed by atoms with E-state index in [1.54, 1.807) is 19.9 Å². The van der Waals surface area contributed by atoms with E-state index in [9.17, 15) is 9.59 Å². The van der Waals surface area contributed by atoms with Gasteiger partial charge in [-0.3, -0.25) is 9.36 Å². The van der Waals surface area contributed by atoms with E-state index >= 15 is 0 Å². The predicted octanol–water partition coefficient (Wildman–Crippen LogP) is 1.28. The van der Waals surface area contributed by atoms with Crippen LogP contribution in [0.5, 0.6) is 0 Å². The second kappa shape index (κ2) is 5.95. The maximum Gasteiger partial charge on any atom is 0.333 e. The molecule has 0 unspecified atom stereocenters. The van der Waals surface area contributed by atoms with Crippen LogP contribution in [0.25, 0.3) is 0 Å². The van der Waals surface area contributed by atoms with E-state index in [1.165, 1.54) is 17.9 Å². The lowest BCUT2D eigenvalue weighted by atomic mass is 10.3. The Morgan fingerprint density at radius 2 is 2.29 bits per heavy atom. The molecule has 0 bridgehead atoms. The van der Waals surface area contributed by atoms with Crippen molar-refractivity contribution >= 4 is 28.6 Å². The molecule has 0 fully saturated rings. The van der Waals surface area contributed by atoms with Crippen LogP contribution in [-0.4, -0.2) is 22.6 Å². The molecule has 1 heterocycles. The monoisotopic (exact) mass is 348 g/mol. The van der Waals surface area contributed by atoms with Crippen LogP contribution >= 0.6 is 22.6 Å². The van der Waals surface area contributed by atoms with Gasteiger partial charge in [-0.15, -0.1) is 0 Å². The van der Waals surface area contributed by atoms with Gasteiger partial charge in [0.15, 0.2) is 0 Å². The zero-order valence-electron chi connectivity index (χ0n) is 9.86. The molecule has 5 nitrogen and oxygen atoms in total. The van der Waals surface area contributed by atoms with Gasteiger partial charge in [0.2, 0.25) is 0 Å². The summed E-state index contributed by atoms with van der Waals surface area (Å²) in [6.07, 6.45) is 3.18. The van der Waals surface area contributed by atoms with E-state index in [0.29, 0.717) is 21.5 Å². The number of carbonyl (C=O) groups excluding carboxylic acids is 1. The quantitative estimate of drug-likeness (QED) is 0.469. The lowest BCUT2D eigenvalue weighted by Gasteiger charge is -2.07. The molecule has 0 saturated carbocycles. The number of rotatable bonds is 3. The number of allylic oxidation sites excluding steroid dienone is 1. The lowest BCUT2D eigenvalue weighted by molar-refractivity contribution is -0.136. The van der Waals surface area contributed by atoms with Gasteiger partial charge in [-0.2, -0.15) is 0 Å². The number of hydrogen-bond acceptors (Lipinski definition) is 4. The van der Waals surface area contributed by atoms with Crippen molar-refractivity contribution < 1.29 is 9.53 Å². The predicted molar refractivity (Wildman–Crippen MR) is 71.7 cm³/mol. The van der Waals surface area contributed by atoms with Gasteiger partial charge >= 0.3 is 5.97 Å². The fraction of sp³-hybridized carbons (Fsp3) is 0.364. The minimum atomic E-state index is -0.394. The molecule has 0 aliphatic heterocycles. The first-order chi connectivity index (χ1) is 7.97. The number of ether oxygens (including phenoxy) is 1. The minimum absolute atomic E-state index is 0.105. The van der Waals surface area contributed by atoms with Crippen LogP contribution in [0.2, 0.25) is 0 Å². The molecule has 0 aliphatic rings. The van der Waals surface area contributed by atoms with Gasteiger partial charge in [0.1, 0.15) is 5.82 Å². The van der Waals surface area contributed by atoms with Crippen LogP contribution < -0.4 is 5.56 Å². The highest BCUT2D eigenvalue weighted by molar-refractivity contribution is 14.1. The molecule has 0 amide bonds. The fourth-order valence-corrected chi connectivity index (χ4v) is 1.67. The number of aromatic nitrogens is 2. The van der Waals surface area contributed by atoms with Gasteiger partial charge in [0, 0.05) is 18.3 Å². The Hall–Kier alpha value is -1.18. The summed E-state index contributed by atoms with van der Waals surface area (Å²) in [5.74, 6) is 0.221. The van der Waals surface area contributed by atoms with Gasteiger partial charge in [-0.1, -0.05) is 6.08 Å². The maximum absolute atomic E-state index is 11.8. The van der Waals surface area contributed by atoms with Crippen LogP contribution in [0.4, 0.5) is 0 Å². The molecular formula is C11H13IN2O3. The summed E-state index contributed by atoms with van der Waals surface area (Å²) in [7, 11) is 1.32. The smallest absolute Gasteiger partial charge is 0.333 e. The highest BCUT2D eigenvalue weighted by Gasteiger charge is 2.06. The Labute approximate surface area is 113 Å². The Kier molecular flexibility index (Phi) is 4.86. The SMILES string of the molecule is COC(=O)C(C)=CCn1c(C)ncc(I)c1=O. The number of esters is 1. The molecular weight excluding hydrogens is 335 g/mol. The number of methoxy groups -OCH3 is 1. The molecule has 1 rings (SSSR count). The van der Waals surface area contributed by atoms with Crippen LogP contribution in [-0.2, 0) is 16.1 Å². The third kappa shape index (κ3) is 3.39. The molecule has 0 radical (unpaired) electrons. The summed E-state index contributed by atoms with van der Waals surface area (Å²) in [5.41, 5.74) is 0.365. The molecule has 1 aromatic heterocycles. The molecule has 0 atom stereocenters. The average molecular weight is 348 g/mol. The van der Waals surface area contributed by atoms with Crippen molar-refractivity contribution in [2.24, 2.45) is 0 Å². The van der Waals surface area contributed by atoms with Crippen molar-refractivity contribution in [2.45, 2.75) is 20.4 Å². The summed E-state index contributed by atoms with van der Waals surface area (Å²) in [6.45, 7) is 3.71. The molecule has 0 aliphatic carbocycles. The van der Waals surface area contributed by atoms with E-state index in [4.69, 9.17) is 0 Å². The molecule has 6 heteroatoms. The van der Waals surface area contributed by atoms with Gasteiger partial charge in [-0.05, 0) is 36.4 Å². The first-order valence-electron chi connectivity index (χ1n) is 4.94. The fourth-order valence-electron chi connectivity index (χ4n) is 1.24. The Balaban J connectivity index is 3.01. The summed E-state index contributed by atoms with van der Waals surface area (Å²) in [6, 6.07) is 0. The number of hydrogen-bond donors (Lipinski definition) is 0. The van der Waals surface area contributed by atoms with E-state index < -0.39 is 5.97 Å². The standard InChI is InChI=1S/C11H13IN2O3/c1-7(11(16)17-3)4-5-14-8(2)13-6-9(12)10(14)15/h4,6H,5H2,1-3H3. The molecule has 17 heavy (non-hydrogen) atoms. The van der Waals surface area contributed by atoms with Crippen molar-refractivity contribution in [3.05, 3.63) is 37.6 Å². The van der Waals surface area contributed by atoms with Crippen LogP contribution in [0.3, 0.4) is 0 Å². The zero-order chi connectivity index (χ0) is 13.0. The van der Waals surface area contributed by atoms with Crippen molar-refractivity contribution in [3.8, 4) is 0 Å².